The molecule has 1 aromatic heterocycles. The van der Waals surface area contributed by atoms with E-state index < -0.39 is 23.9 Å². The number of aromatic nitrogens is 1. The van der Waals surface area contributed by atoms with Crippen LogP contribution in [0.25, 0.3) is 0 Å². The van der Waals surface area contributed by atoms with Crippen LogP contribution >= 0.6 is 0 Å². The highest BCUT2D eigenvalue weighted by molar-refractivity contribution is 6.02. The molecule has 0 spiro atoms. The number of carbonyl (C=O) groups is 2. The molecule has 0 saturated carbocycles. The van der Waals surface area contributed by atoms with Crippen molar-refractivity contribution in [1.82, 2.24) is 20.7 Å². The molecular formula is C29H27F2N7O3. The van der Waals surface area contributed by atoms with Crippen molar-refractivity contribution in [3.05, 3.63) is 94.9 Å². The first kappa shape index (κ1) is 27.5. The number of alkyl halides is 2. The molecule has 210 valence electrons. The zero-order chi connectivity index (χ0) is 29.3. The molecule has 10 nitrogen and oxygen atoms in total. The molecule has 2 aliphatic rings. The number of halogens is 2. The van der Waals surface area contributed by atoms with Crippen molar-refractivity contribution in [2.24, 2.45) is 0 Å². The predicted molar refractivity (Wildman–Crippen MR) is 147 cm³/mol. The van der Waals surface area contributed by atoms with Gasteiger partial charge in [0.25, 0.3) is 17.7 Å². The Balaban J connectivity index is 1.36. The van der Waals surface area contributed by atoms with Crippen LogP contribution in [0.5, 0.6) is 5.75 Å². The van der Waals surface area contributed by atoms with E-state index >= 15 is 8.78 Å². The number of hydrazine groups is 1. The number of benzene rings is 2. The summed E-state index contributed by atoms with van der Waals surface area (Å²) in [5.41, 5.74) is 4.12. The summed E-state index contributed by atoms with van der Waals surface area (Å²) >= 11 is 0. The van der Waals surface area contributed by atoms with Crippen LogP contribution in [-0.2, 0) is 10.7 Å². The zero-order valence-electron chi connectivity index (χ0n) is 22.5. The molecule has 0 radical (unpaired) electrons. The molecule has 1 saturated heterocycles. The van der Waals surface area contributed by atoms with Crippen molar-refractivity contribution in [2.45, 2.75) is 24.9 Å². The number of anilines is 2. The van der Waals surface area contributed by atoms with E-state index in [-0.39, 0.29) is 34.7 Å². The number of allylic oxidation sites excluding steroid dienone is 1. The number of carbonyl (C=O) groups excluding carboxylic acids is 2. The largest absolute Gasteiger partial charge is 0.495 e. The van der Waals surface area contributed by atoms with Gasteiger partial charge < -0.3 is 15.4 Å². The summed E-state index contributed by atoms with van der Waals surface area (Å²) in [5, 5.41) is 16.6. The van der Waals surface area contributed by atoms with Crippen molar-refractivity contribution in [1.29, 1.82) is 5.26 Å². The summed E-state index contributed by atoms with van der Waals surface area (Å²) < 4.78 is 35.7. The van der Waals surface area contributed by atoms with Gasteiger partial charge in [0.15, 0.2) is 0 Å². The first-order chi connectivity index (χ1) is 19.7. The van der Waals surface area contributed by atoms with Gasteiger partial charge in [0.05, 0.1) is 18.7 Å². The molecule has 2 aromatic carbocycles. The Labute approximate surface area is 235 Å². The molecule has 2 unspecified atom stereocenters. The van der Waals surface area contributed by atoms with Crippen LogP contribution < -0.4 is 25.7 Å². The minimum absolute atomic E-state index is 0.209. The summed E-state index contributed by atoms with van der Waals surface area (Å²) in [6.07, 6.45) is 3.05. The monoisotopic (exact) mass is 559 g/mol. The Morgan fingerprint density at radius 2 is 1.93 bits per heavy atom. The molecule has 3 N–H and O–H groups in total. The molecule has 12 heteroatoms. The van der Waals surface area contributed by atoms with E-state index in [9.17, 15) is 14.9 Å². The van der Waals surface area contributed by atoms with Gasteiger partial charge in [-0.25, -0.2) is 10.4 Å². The van der Waals surface area contributed by atoms with Crippen LogP contribution in [0.3, 0.4) is 0 Å². The van der Waals surface area contributed by atoms with Crippen LogP contribution in [0.15, 0.2) is 72.7 Å². The van der Waals surface area contributed by atoms with Crippen molar-refractivity contribution < 1.29 is 23.1 Å². The fraction of sp³-hybridized carbons (Fsp3) is 0.241. The molecule has 5 rings (SSSR count). The van der Waals surface area contributed by atoms with E-state index in [1.807, 2.05) is 6.07 Å². The topological polar surface area (TPSA) is 123 Å². The van der Waals surface area contributed by atoms with Crippen LogP contribution in [0, 0.1) is 11.3 Å². The highest BCUT2D eigenvalue weighted by Gasteiger charge is 2.45. The standard InChI is InChI=1S/C29H27F2N7O3/c1-17-16-37-26(23(15-35-37)36-27(39)18-4-9-24(41-3)19(12-18)14-32)28(40)38(17)22-7-5-20(6-8-22)29(30,31)21-10-11-34-25(13-21)33-2/h4-13,16,23,26,35H,15H2,1-3H3,(H,33,34)(H,36,39). The van der Waals surface area contributed by atoms with Gasteiger partial charge in [0, 0.05) is 54.1 Å². The van der Waals surface area contributed by atoms with Crippen LogP contribution in [0.2, 0.25) is 0 Å². The number of hydrogen-bond acceptors (Lipinski definition) is 8. The van der Waals surface area contributed by atoms with Crippen molar-refractivity contribution >= 4 is 23.3 Å². The van der Waals surface area contributed by atoms with Gasteiger partial charge in [-0.15, -0.1) is 0 Å². The molecule has 0 bridgehead atoms. The van der Waals surface area contributed by atoms with Gasteiger partial charge in [-0.3, -0.25) is 19.5 Å². The van der Waals surface area contributed by atoms with Gasteiger partial charge in [-0.05, 0) is 49.4 Å². The summed E-state index contributed by atoms with van der Waals surface area (Å²) in [7, 11) is 3.04. The third-order valence-corrected chi connectivity index (χ3v) is 7.09. The average Bonchev–Trinajstić information content (AvgIpc) is 3.39. The Morgan fingerprint density at radius 1 is 1.17 bits per heavy atom. The van der Waals surface area contributed by atoms with E-state index in [2.05, 4.69) is 21.0 Å². The number of fused-ring (bicyclic) bond motifs is 1. The second-order valence-corrected chi connectivity index (χ2v) is 9.57. The maximum absolute atomic E-state index is 15.3. The number of rotatable bonds is 7. The number of nitriles is 1. The Bertz CT molecular complexity index is 1570. The molecule has 2 amide bonds. The maximum atomic E-state index is 15.3. The zero-order valence-corrected chi connectivity index (χ0v) is 22.5. The highest BCUT2D eigenvalue weighted by atomic mass is 19.3. The summed E-state index contributed by atoms with van der Waals surface area (Å²) in [6, 6.07) is 13.2. The lowest BCUT2D eigenvalue weighted by Gasteiger charge is -2.37. The molecule has 2 atom stereocenters. The molecule has 0 aliphatic carbocycles. The molecular weight excluding hydrogens is 532 g/mol. The SMILES string of the molecule is CNc1cc(C(F)(F)c2ccc(N3C(=O)C4C(NC(=O)c5ccc(OC)c(C#N)c5)CNN4C=C3C)cc2)ccn1. The quantitative estimate of drug-likeness (QED) is 0.403. The summed E-state index contributed by atoms with van der Waals surface area (Å²) in [4.78, 5) is 32.2. The minimum Gasteiger partial charge on any atom is -0.495 e. The van der Waals surface area contributed by atoms with Gasteiger partial charge in [0.1, 0.15) is 23.7 Å². The predicted octanol–water partition coefficient (Wildman–Crippen LogP) is 3.34. The highest BCUT2D eigenvalue weighted by Crippen LogP contribution is 2.38. The molecule has 1 fully saturated rings. The maximum Gasteiger partial charge on any atom is 0.298 e. The molecule has 41 heavy (non-hydrogen) atoms. The molecule has 3 heterocycles. The molecule has 2 aliphatic heterocycles. The van der Waals surface area contributed by atoms with E-state index in [1.165, 1.54) is 72.8 Å². The lowest BCUT2D eigenvalue weighted by molar-refractivity contribution is -0.123. The van der Waals surface area contributed by atoms with E-state index in [1.54, 1.807) is 25.2 Å². The first-order valence-electron chi connectivity index (χ1n) is 12.7. The van der Waals surface area contributed by atoms with Crippen LogP contribution in [0.1, 0.15) is 34.0 Å². The lowest BCUT2D eigenvalue weighted by Crippen LogP contribution is -2.56. The van der Waals surface area contributed by atoms with Crippen molar-refractivity contribution in [3.8, 4) is 11.8 Å². The number of pyridine rings is 1. The van der Waals surface area contributed by atoms with Crippen molar-refractivity contribution in [2.75, 3.05) is 30.9 Å². The smallest absolute Gasteiger partial charge is 0.298 e. The lowest BCUT2D eigenvalue weighted by atomic mass is 10.00. The first-order valence-corrected chi connectivity index (χ1v) is 12.7. The number of hydrogen-bond donors (Lipinski definition) is 3. The third kappa shape index (κ3) is 5.03. The van der Waals surface area contributed by atoms with E-state index in [0.29, 0.717) is 23.0 Å². The Morgan fingerprint density at radius 3 is 2.61 bits per heavy atom. The fourth-order valence-corrected chi connectivity index (χ4v) is 4.99. The second kappa shape index (κ2) is 10.9. The van der Waals surface area contributed by atoms with Crippen LogP contribution in [-0.4, -0.2) is 54.6 Å². The second-order valence-electron chi connectivity index (χ2n) is 9.57. The van der Waals surface area contributed by atoms with Gasteiger partial charge in [0.2, 0.25) is 0 Å². The summed E-state index contributed by atoms with van der Waals surface area (Å²) in [6.45, 7) is 2.02. The van der Waals surface area contributed by atoms with Gasteiger partial charge in [-0.1, -0.05) is 12.1 Å². The van der Waals surface area contributed by atoms with E-state index in [0.717, 1.165) is 0 Å². The molecule has 3 aromatic rings. The van der Waals surface area contributed by atoms with E-state index in [4.69, 9.17) is 4.74 Å². The van der Waals surface area contributed by atoms with Crippen molar-refractivity contribution in [3.63, 3.8) is 0 Å². The minimum atomic E-state index is -3.28. The van der Waals surface area contributed by atoms with Gasteiger partial charge >= 0.3 is 0 Å². The fourth-order valence-electron chi connectivity index (χ4n) is 4.99. The Hall–Kier alpha value is -5.02. The third-order valence-electron chi connectivity index (χ3n) is 7.09. The number of methoxy groups -OCH3 is 1. The number of nitrogens with one attached hydrogen (secondary N) is 3. The summed E-state index contributed by atoms with van der Waals surface area (Å²) in [5.74, 6) is -3.39. The normalized spacial score (nSPS) is 18.3. The number of nitrogens with zero attached hydrogens (tertiary/aromatic N) is 4. The average molecular weight is 560 g/mol. The van der Waals surface area contributed by atoms with Crippen LogP contribution in [0.4, 0.5) is 20.3 Å². The number of amides is 2. The Kier molecular flexibility index (Phi) is 7.30. The van der Waals surface area contributed by atoms with Gasteiger partial charge in [-0.2, -0.15) is 14.0 Å². The number of ether oxygens (including phenoxy) is 1.